The van der Waals surface area contributed by atoms with Crippen LogP contribution in [0, 0.1) is 0 Å². The van der Waals surface area contributed by atoms with Gasteiger partial charge in [0.25, 0.3) is 0 Å². The van der Waals surface area contributed by atoms with E-state index in [1.807, 2.05) is 24.1 Å². The fourth-order valence-corrected chi connectivity index (χ4v) is 6.57. The van der Waals surface area contributed by atoms with Gasteiger partial charge < -0.3 is 5.32 Å². The van der Waals surface area contributed by atoms with Crippen LogP contribution in [-0.2, 0) is 21.2 Å². The van der Waals surface area contributed by atoms with Crippen LogP contribution in [0.1, 0.15) is 42.9 Å². The van der Waals surface area contributed by atoms with Crippen LogP contribution in [0.15, 0.2) is 47.4 Å². The first-order valence-electron chi connectivity index (χ1n) is 10.7. The van der Waals surface area contributed by atoms with Gasteiger partial charge in [-0.2, -0.15) is 4.31 Å². The standard InChI is InChI=1S/C23H28ClN3O3S/c1-26(21-12-9-17-7-3-4-8-19(17)21)16-23(28)25-18-10-11-20(24)22(15-18)31(29,30)27-13-5-2-6-14-27/h3-4,7-8,10-11,15,21H,2,5-6,9,12-14,16H2,1H3,(H,25,28)/t21-/m0/s1. The van der Waals surface area contributed by atoms with E-state index in [2.05, 4.69) is 17.4 Å². The quantitative estimate of drug-likeness (QED) is 0.703. The van der Waals surface area contributed by atoms with E-state index in [1.165, 1.54) is 27.6 Å². The van der Waals surface area contributed by atoms with Gasteiger partial charge in [0.2, 0.25) is 15.9 Å². The van der Waals surface area contributed by atoms with Gasteiger partial charge in [0.05, 0.1) is 11.6 Å². The number of carbonyl (C=O) groups is 1. The number of hydrogen-bond acceptors (Lipinski definition) is 4. The number of likely N-dealkylation sites (N-methyl/N-ethyl adjacent to an activating group) is 1. The predicted molar refractivity (Wildman–Crippen MR) is 123 cm³/mol. The number of carbonyl (C=O) groups excluding carboxylic acids is 1. The molecule has 2 aliphatic rings. The van der Waals surface area contributed by atoms with Crippen molar-refractivity contribution in [2.45, 2.75) is 43.0 Å². The lowest BCUT2D eigenvalue weighted by Gasteiger charge is -2.26. The molecule has 2 aromatic carbocycles. The number of nitrogens with one attached hydrogen (secondary N) is 1. The molecular weight excluding hydrogens is 434 g/mol. The molecule has 0 bridgehead atoms. The Bertz CT molecular complexity index is 1070. The lowest BCUT2D eigenvalue weighted by Crippen LogP contribution is -2.36. The van der Waals surface area contributed by atoms with Crippen molar-refractivity contribution in [3.05, 3.63) is 58.6 Å². The molecule has 1 N–H and O–H groups in total. The summed E-state index contributed by atoms with van der Waals surface area (Å²) < 4.78 is 27.6. The predicted octanol–water partition coefficient (Wildman–Crippen LogP) is 4.07. The molecule has 1 saturated heterocycles. The lowest BCUT2D eigenvalue weighted by molar-refractivity contribution is -0.117. The molecule has 4 rings (SSSR count). The SMILES string of the molecule is CN(CC(=O)Nc1ccc(Cl)c(S(=O)(=O)N2CCCCC2)c1)[C@H]1CCc2ccccc21. The maximum atomic E-state index is 13.0. The molecule has 1 aliphatic heterocycles. The van der Waals surface area contributed by atoms with Gasteiger partial charge in [-0.25, -0.2) is 8.42 Å². The van der Waals surface area contributed by atoms with Crippen molar-refractivity contribution in [1.82, 2.24) is 9.21 Å². The van der Waals surface area contributed by atoms with E-state index in [0.29, 0.717) is 18.8 Å². The number of anilines is 1. The zero-order chi connectivity index (χ0) is 22.0. The number of hydrogen-bond donors (Lipinski definition) is 1. The number of rotatable bonds is 6. The zero-order valence-electron chi connectivity index (χ0n) is 17.7. The van der Waals surface area contributed by atoms with Gasteiger partial charge in [-0.05, 0) is 62.1 Å². The molecule has 1 aliphatic carbocycles. The average Bonchev–Trinajstić information content (AvgIpc) is 3.20. The van der Waals surface area contributed by atoms with Crippen LogP contribution in [-0.4, -0.2) is 50.2 Å². The Kier molecular flexibility index (Phi) is 6.67. The highest BCUT2D eigenvalue weighted by atomic mass is 35.5. The third-order valence-electron chi connectivity index (χ3n) is 6.17. The summed E-state index contributed by atoms with van der Waals surface area (Å²) in [5.41, 5.74) is 3.05. The van der Waals surface area contributed by atoms with Crippen molar-refractivity contribution >= 4 is 33.2 Å². The van der Waals surface area contributed by atoms with Gasteiger partial charge in [0.1, 0.15) is 4.90 Å². The van der Waals surface area contributed by atoms with Crippen LogP contribution in [0.3, 0.4) is 0 Å². The summed E-state index contributed by atoms with van der Waals surface area (Å²) >= 11 is 6.23. The normalized spacial score (nSPS) is 19.4. The first-order chi connectivity index (χ1) is 14.9. The summed E-state index contributed by atoms with van der Waals surface area (Å²) in [6.07, 6.45) is 4.74. The van der Waals surface area contributed by atoms with E-state index in [4.69, 9.17) is 11.6 Å². The molecule has 0 aromatic heterocycles. The van der Waals surface area contributed by atoms with Crippen molar-refractivity contribution < 1.29 is 13.2 Å². The van der Waals surface area contributed by atoms with Gasteiger partial charge in [-0.1, -0.05) is 42.3 Å². The first-order valence-corrected chi connectivity index (χ1v) is 12.6. The van der Waals surface area contributed by atoms with Crippen molar-refractivity contribution in [3.63, 3.8) is 0 Å². The van der Waals surface area contributed by atoms with Gasteiger partial charge in [-0.15, -0.1) is 0 Å². The third kappa shape index (κ3) is 4.80. The summed E-state index contributed by atoms with van der Waals surface area (Å²) in [4.78, 5) is 14.8. The Hall–Kier alpha value is -1.93. The summed E-state index contributed by atoms with van der Waals surface area (Å²) in [5, 5.41) is 3.01. The molecular formula is C23H28ClN3O3S. The number of amides is 1. The molecule has 1 amide bonds. The summed E-state index contributed by atoms with van der Waals surface area (Å²) in [6, 6.07) is 13.2. The second-order valence-electron chi connectivity index (χ2n) is 8.33. The van der Waals surface area contributed by atoms with E-state index >= 15 is 0 Å². The third-order valence-corrected chi connectivity index (χ3v) is 8.55. The van der Waals surface area contributed by atoms with Crippen molar-refractivity contribution in [2.75, 3.05) is 32.0 Å². The van der Waals surface area contributed by atoms with E-state index in [0.717, 1.165) is 32.1 Å². The van der Waals surface area contributed by atoms with Crippen molar-refractivity contribution in [1.29, 1.82) is 0 Å². The van der Waals surface area contributed by atoms with Crippen LogP contribution in [0.2, 0.25) is 5.02 Å². The molecule has 1 fully saturated rings. The van der Waals surface area contributed by atoms with Crippen LogP contribution in [0.5, 0.6) is 0 Å². The fourth-order valence-electron chi connectivity index (χ4n) is 4.55. The van der Waals surface area contributed by atoms with Gasteiger partial charge in [0.15, 0.2) is 0 Å². The molecule has 166 valence electrons. The fraction of sp³-hybridized carbons (Fsp3) is 0.435. The van der Waals surface area contributed by atoms with E-state index in [9.17, 15) is 13.2 Å². The van der Waals surface area contributed by atoms with E-state index < -0.39 is 10.0 Å². The maximum absolute atomic E-state index is 13.0. The van der Waals surface area contributed by atoms with Crippen molar-refractivity contribution in [2.24, 2.45) is 0 Å². The minimum Gasteiger partial charge on any atom is -0.325 e. The molecule has 6 nitrogen and oxygen atoms in total. The summed E-state index contributed by atoms with van der Waals surface area (Å²) in [6.45, 7) is 1.22. The van der Waals surface area contributed by atoms with Gasteiger partial charge in [0, 0.05) is 24.8 Å². The number of halogens is 1. The molecule has 31 heavy (non-hydrogen) atoms. The molecule has 2 aromatic rings. The van der Waals surface area contributed by atoms with Crippen LogP contribution < -0.4 is 5.32 Å². The molecule has 8 heteroatoms. The van der Waals surface area contributed by atoms with E-state index in [1.54, 1.807) is 6.07 Å². The molecule has 1 atom stereocenters. The number of aryl methyl sites for hydroxylation is 1. The molecule has 0 unspecified atom stereocenters. The Labute approximate surface area is 189 Å². The monoisotopic (exact) mass is 461 g/mol. The number of fused-ring (bicyclic) bond motifs is 1. The van der Waals surface area contributed by atoms with Gasteiger partial charge in [-0.3, -0.25) is 9.69 Å². The zero-order valence-corrected chi connectivity index (χ0v) is 19.3. The highest BCUT2D eigenvalue weighted by Crippen LogP contribution is 2.35. The molecule has 0 spiro atoms. The summed E-state index contributed by atoms with van der Waals surface area (Å²) in [7, 11) is -1.74. The number of sulfonamides is 1. The molecule has 0 saturated carbocycles. The minimum absolute atomic E-state index is 0.0481. The Morgan fingerprint density at radius 2 is 1.90 bits per heavy atom. The number of piperidine rings is 1. The smallest absolute Gasteiger partial charge is 0.244 e. The number of nitrogens with zero attached hydrogens (tertiary/aromatic N) is 2. The maximum Gasteiger partial charge on any atom is 0.244 e. The van der Waals surface area contributed by atoms with Crippen molar-refractivity contribution in [3.8, 4) is 0 Å². The summed E-state index contributed by atoms with van der Waals surface area (Å²) in [5.74, 6) is -0.185. The second kappa shape index (κ2) is 9.28. The topological polar surface area (TPSA) is 69.7 Å². The Morgan fingerprint density at radius 3 is 2.68 bits per heavy atom. The minimum atomic E-state index is -3.68. The van der Waals surface area contributed by atoms with Gasteiger partial charge >= 0.3 is 0 Å². The Balaban J connectivity index is 1.45. The second-order valence-corrected chi connectivity index (χ2v) is 10.6. The lowest BCUT2D eigenvalue weighted by atomic mass is 10.1. The average molecular weight is 462 g/mol. The van der Waals surface area contributed by atoms with Crippen LogP contribution in [0.25, 0.3) is 0 Å². The Morgan fingerprint density at radius 1 is 1.16 bits per heavy atom. The molecule has 1 heterocycles. The molecule has 0 radical (unpaired) electrons. The highest BCUT2D eigenvalue weighted by molar-refractivity contribution is 7.89. The largest absolute Gasteiger partial charge is 0.325 e. The van der Waals surface area contributed by atoms with E-state index in [-0.39, 0.29) is 28.4 Å². The number of benzene rings is 2. The van der Waals surface area contributed by atoms with Crippen LogP contribution >= 0.6 is 11.6 Å². The van der Waals surface area contributed by atoms with Crippen LogP contribution in [0.4, 0.5) is 5.69 Å². The highest BCUT2D eigenvalue weighted by Gasteiger charge is 2.29. The first kappa shape index (κ1) is 22.3.